The Morgan fingerprint density at radius 2 is 1.89 bits per heavy atom. The first-order valence-corrected chi connectivity index (χ1v) is 6.39. The summed E-state index contributed by atoms with van der Waals surface area (Å²) >= 11 is 2.02. The highest BCUT2D eigenvalue weighted by atomic mass is 127. The van der Waals surface area contributed by atoms with Gasteiger partial charge in [0.2, 0.25) is 0 Å². The summed E-state index contributed by atoms with van der Waals surface area (Å²) in [6.07, 6.45) is 0. The van der Waals surface area contributed by atoms with Gasteiger partial charge in [-0.1, -0.05) is 0 Å². The lowest BCUT2D eigenvalue weighted by atomic mass is 10.1. The molecule has 0 aliphatic heterocycles. The Labute approximate surface area is 119 Å². The van der Waals surface area contributed by atoms with Gasteiger partial charge >= 0.3 is 12.0 Å². The topological polar surface area (TPSA) is 78.4 Å². The first-order chi connectivity index (χ1) is 8.19. The second-order valence-electron chi connectivity index (χ2n) is 4.82. The normalized spacial score (nSPS) is 10.9. The molecule has 5 nitrogen and oxygen atoms in total. The van der Waals surface area contributed by atoms with Crippen LogP contribution in [-0.2, 0) is 0 Å². The molecule has 1 aromatic rings. The van der Waals surface area contributed by atoms with Gasteiger partial charge in [0.1, 0.15) is 0 Å². The van der Waals surface area contributed by atoms with Crippen molar-refractivity contribution in [1.82, 2.24) is 5.32 Å². The van der Waals surface area contributed by atoms with Gasteiger partial charge in [-0.05, 0) is 61.6 Å². The molecule has 0 aromatic heterocycles. The smallest absolute Gasteiger partial charge is 0.337 e. The lowest BCUT2D eigenvalue weighted by molar-refractivity contribution is 0.0698. The number of nitrogens with one attached hydrogen (secondary N) is 2. The molecule has 18 heavy (non-hydrogen) atoms. The number of carboxylic acid groups (broad SMARTS) is 1. The fourth-order valence-corrected chi connectivity index (χ4v) is 1.79. The van der Waals surface area contributed by atoms with E-state index in [1.54, 1.807) is 12.1 Å². The SMILES string of the molecule is CC(C)(C)NC(=O)Nc1ccc(I)cc1C(=O)O. The van der Waals surface area contributed by atoms with Crippen molar-refractivity contribution >= 4 is 40.3 Å². The Balaban J connectivity index is 2.91. The summed E-state index contributed by atoms with van der Waals surface area (Å²) < 4.78 is 0.798. The summed E-state index contributed by atoms with van der Waals surface area (Å²) in [5.41, 5.74) is -0.0212. The summed E-state index contributed by atoms with van der Waals surface area (Å²) in [7, 11) is 0. The van der Waals surface area contributed by atoms with Crippen LogP contribution in [0.25, 0.3) is 0 Å². The van der Waals surface area contributed by atoms with Gasteiger partial charge in [0.05, 0.1) is 11.3 Å². The summed E-state index contributed by atoms with van der Waals surface area (Å²) in [6, 6.07) is 4.40. The molecular formula is C12H15IN2O3. The third kappa shape index (κ3) is 4.52. The maximum absolute atomic E-state index is 11.7. The van der Waals surface area contributed by atoms with Gasteiger partial charge in [-0.3, -0.25) is 0 Å². The van der Waals surface area contributed by atoms with Gasteiger partial charge < -0.3 is 15.7 Å². The molecule has 1 aromatic carbocycles. The Kier molecular flexibility index (Phi) is 4.55. The predicted molar refractivity (Wildman–Crippen MR) is 78.0 cm³/mol. The highest BCUT2D eigenvalue weighted by Gasteiger charge is 2.16. The highest BCUT2D eigenvalue weighted by Crippen LogP contribution is 2.19. The number of halogens is 1. The molecule has 6 heteroatoms. The van der Waals surface area contributed by atoms with Crippen molar-refractivity contribution in [3.05, 3.63) is 27.3 Å². The van der Waals surface area contributed by atoms with E-state index in [2.05, 4.69) is 10.6 Å². The summed E-state index contributed by atoms with van der Waals surface area (Å²) in [5.74, 6) is -1.07. The number of urea groups is 1. The molecule has 3 N–H and O–H groups in total. The molecule has 0 bridgehead atoms. The molecule has 1 rings (SSSR count). The highest BCUT2D eigenvalue weighted by molar-refractivity contribution is 14.1. The van der Waals surface area contributed by atoms with Crippen LogP contribution >= 0.6 is 22.6 Å². The number of anilines is 1. The lowest BCUT2D eigenvalue weighted by Gasteiger charge is -2.21. The van der Waals surface area contributed by atoms with E-state index in [1.165, 1.54) is 6.07 Å². The number of amides is 2. The standard InChI is InChI=1S/C12H15IN2O3/c1-12(2,3)15-11(18)14-9-5-4-7(13)6-8(9)10(16)17/h4-6H,1-3H3,(H,16,17)(H2,14,15,18). The Bertz CT molecular complexity index is 481. The monoisotopic (exact) mass is 362 g/mol. The molecule has 0 atom stereocenters. The van der Waals surface area contributed by atoms with Crippen LogP contribution in [0.15, 0.2) is 18.2 Å². The zero-order valence-corrected chi connectivity index (χ0v) is 12.5. The number of carbonyl (C=O) groups excluding carboxylic acids is 1. The number of hydrogen-bond acceptors (Lipinski definition) is 2. The van der Waals surface area contributed by atoms with Gasteiger partial charge in [0, 0.05) is 9.11 Å². The summed E-state index contributed by atoms with van der Waals surface area (Å²) in [6.45, 7) is 5.54. The van der Waals surface area contributed by atoms with Crippen LogP contribution in [0.2, 0.25) is 0 Å². The zero-order valence-electron chi connectivity index (χ0n) is 10.4. The van der Waals surface area contributed by atoms with Crippen LogP contribution in [0.4, 0.5) is 10.5 Å². The molecule has 0 saturated heterocycles. The molecule has 0 unspecified atom stereocenters. The van der Waals surface area contributed by atoms with Gasteiger partial charge in [-0.25, -0.2) is 9.59 Å². The first kappa shape index (κ1) is 14.7. The van der Waals surface area contributed by atoms with E-state index in [0.29, 0.717) is 0 Å². The summed E-state index contributed by atoms with van der Waals surface area (Å²) in [4.78, 5) is 22.7. The molecule has 0 aliphatic rings. The Morgan fingerprint density at radius 1 is 1.28 bits per heavy atom. The molecule has 2 amide bonds. The average molecular weight is 362 g/mol. The van der Waals surface area contributed by atoms with Crippen LogP contribution in [0.3, 0.4) is 0 Å². The number of hydrogen-bond donors (Lipinski definition) is 3. The molecule has 0 heterocycles. The second-order valence-corrected chi connectivity index (χ2v) is 6.07. The van der Waals surface area contributed by atoms with E-state index in [9.17, 15) is 9.59 Å². The van der Waals surface area contributed by atoms with Gasteiger partial charge in [-0.15, -0.1) is 0 Å². The second kappa shape index (κ2) is 5.55. The predicted octanol–water partition coefficient (Wildman–Crippen LogP) is 2.91. The number of benzene rings is 1. The van der Waals surface area contributed by atoms with Gasteiger partial charge in [0.15, 0.2) is 0 Å². The molecular weight excluding hydrogens is 347 g/mol. The van der Waals surface area contributed by atoms with Crippen molar-refractivity contribution in [2.45, 2.75) is 26.3 Å². The van der Waals surface area contributed by atoms with Crippen LogP contribution in [-0.4, -0.2) is 22.6 Å². The van der Waals surface area contributed by atoms with Crippen molar-refractivity contribution in [1.29, 1.82) is 0 Å². The maximum Gasteiger partial charge on any atom is 0.337 e. The van der Waals surface area contributed by atoms with Crippen molar-refractivity contribution in [2.24, 2.45) is 0 Å². The molecule has 0 aliphatic carbocycles. The van der Waals surface area contributed by atoms with Gasteiger partial charge in [0.25, 0.3) is 0 Å². The first-order valence-electron chi connectivity index (χ1n) is 5.31. The van der Waals surface area contributed by atoms with Crippen molar-refractivity contribution in [3.8, 4) is 0 Å². The minimum absolute atomic E-state index is 0.0750. The maximum atomic E-state index is 11.7. The molecule has 0 radical (unpaired) electrons. The zero-order chi connectivity index (χ0) is 13.9. The van der Waals surface area contributed by atoms with Crippen LogP contribution in [0.5, 0.6) is 0 Å². The lowest BCUT2D eigenvalue weighted by Crippen LogP contribution is -2.43. The summed E-state index contributed by atoms with van der Waals surface area (Å²) in [5, 5.41) is 14.3. The number of aromatic carboxylic acids is 1. The number of rotatable bonds is 2. The Morgan fingerprint density at radius 3 is 2.39 bits per heavy atom. The van der Waals surface area contributed by atoms with Crippen molar-refractivity contribution in [2.75, 3.05) is 5.32 Å². The third-order valence-electron chi connectivity index (χ3n) is 1.95. The molecule has 0 fully saturated rings. The van der Waals surface area contributed by atoms with Crippen molar-refractivity contribution in [3.63, 3.8) is 0 Å². The van der Waals surface area contributed by atoms with E-state index in [4.69, 9.17) is 5.11 Å². The number of carboxylic acids is 1. The average Bonchev–Trinajstić information content (AvgIpc) is 2.17. The minimum atomic E-state index is -1.07. The van der Waals surface area contributed by atoms with E-state index < -0.39 is 12.0 Å². The number of carbonyl (C=O) groups is 2. The third-order valence-corrected chi connectivity index (χ3v) is 2.62. The minimum Gasteiger partial charge on any atom is -0.478 e. The van der Waals surface area contributed by atoms with Crippen molar-refractivity contribution < 1.29 is 14.7 Å². The largest absolute Gasteiger partial charge is 0.478 e. The quantitative estimate of drug-likeness (QED) is 0.708. The molecule has 98 valence electrons. The van der Waals surface area contributed by atoms with E-state index in [-0.39, 0.29) is 16.8 Å². The van der Waals surface area contributed by atoms with Crippen LogP contribution in [0.1, 0.15) is 31.1 Å². The van der Waals surface area contributed by atoms with E-state index in [1.807, 2.05) is 43.4 Å². The fourth-order valence-electron chi connectivity index (χ4n) is 1.30. The molecule has 0 saturated carbocycles. The fraction of sp³-hybridized carbons (Fsp3) is 0.333. The van der Waals surface area contributed by atoms with E-state index in [0.717, 1.165) is 3.57 Å². The van der Waals surface area contributed by atoms with Crippen LogP contribution < -0.4 is 10.6 Å². The van der Waals surface area contributed by atoms with Gasteiger partial charge in [-0.2, -0.15) is 0 Å². The van der Waals surface area contributed by atoms with E-state index >= 15 is 0 Å². The molecule has 0 spiro atoms. The Hall–Kier alpha value is -1.31. The van der Waals surface area contributed by atoms with Crippen LogP contribution in [0, 0.1) is 3.57 Å².